The molecule has 0 bridgehead atoms. The van der Waals surface area contributed by atoms with Gasteiger partial charge in [-0.15, -0.1) is 6.58 Å². The number of rotatable bonds is 9. The quantitative estimate of drug-likeness (QED) is 0.126. The average molecular weight is 509 g/mol. The van der Waals surface area contributed by atoms with Gasteiger partial charge in [0.15, 0.2) is 11.6 Å². The Hall–Kier alpha value is -3.54. The topological polar surface area (TPSA) is 35.5 Å². The van der Waals surface area contributed by atoms with Crippen LogP contribution in [0.25, 0.3) is 11.1 Å². The molecule has 1 aliphatic carbocycles. The lowest BCUT2D eigenvalue weighted by molar-refractivity contribution is 0.0728. The molecule has 1 fully saturated rings. The molecule has 0 unspecified atom stereocenters. The molecule has 0 N–H and O–H groups in total. The van der Waals surface area contributed by atoms with Crippen molar-refractivity contribution < 1.29 is 27.4 Å². The van der Waals surface area contributed by atoms with E-state index in [1.165, 1.54) is 30.3 Å². The van der Waals surface area contributed by atoms with Crippen LogP contribution in [0.15, 0.2) is 67.3 Å². The Balaban J connectivity index is 1.41. The second kappa shape index (κ2) is 12.1. The van der Waals surface area contributed by atoms with Crippen molar-refractivity contribution in [1.82, 2.24) is 0 Å². The van der Waals surface area contributed by atoms with Crippen molar-refractivity contribution in [3.8, 4) is 22.6 Å². The van der Waals surface area contributed by atoms with Crippen molar-refractivity contribution >= 4 is 5.97 Å². The second-order valence-electron chi connectivity index (χ2n) is 9.62. The maximum Gasteiger partial charge on any atom is 0.346 e. The van der Waals surface area contributed by atoms with Crippen molar-refractivity contribution in [3.05, 3.63) is 95.8 Å². The molecule has 0 spiro atoms. The van der Waals surface area contributed by atoms with Gasteiger partial charge >= 0.3 is 5.97 Å². The minimum absolute atomic E-state index is 0.0402. The van der Waals surface area contributed by atoms with Crippen LogP contribution in [-0.2, 0) is 0 Å². The molecule has 0 amide bonds. The Morgan fingerprint density at radius 1 is 0.946 bits per heavy atom. The zero-order chi connectivity index (χ0) is 26.4. The fraction of sp³-hybridized carbons (Fsp3) is 0.323. The molecule has 0 aliphatic heterocycles. The summed E-state index contributed by atoms with van der Waals surface area (Å²) in [6, 6.07) is 13.6. The molecule has 0 atom stereocenters. The minimum Gasteiger partial charge on any atom is -0.493 e. The Morgan fingerprint density at radius 2 is 1.65 bits per heavy atom. The Bertz CT molecular complexity index is 1250. The highest BCUT2D eigenvalue weighted by Gasteiger charge is 2.27. The maximum absolute atomic E-state index is 14.8. The SMILES string of the molecule is C=CCCCOc1ccc(-c2ccc(OC(=O)c3ccc(C4CCC(C)CC4)c(F)c3F)cc2)c(F)c1. The van der Waals surface area contributed by atoms with E-state index >= 15 is 0 Å². The normalized spacial score (nSPS) is 17.3. The average Bonchev–Trinajstić information content (AvgIpc) is 2.89. The number of halogens is 3. The summed E-state index contributed by atoms with van der Waals surface area (Å²) in [6.07, 6.45) is 6.99. The predicted octanol–water partition coefficient (Wildman–Crippen LogP) is 8.63. The van der Waals surface area contributed by atoms with Crippen LogP contribution in [0.5, 0.6) is 11.5 Å². The third kappa shape index (κ3) is 6.43. The summed E-state index contributed by atoms with van der Waals surface area (Å²) >= 11 is 0. The van der Waals surface area contributed by atoms with E-state index in [-0.39, 0.29) is 11.7 Å². The Kier molecular flexibility index (Phi) is 8.70. The van der Waals surface area contributed by atoms with Crippen molar-refractivity contribution in [1.29, 1.82) is 0 Å². The molecule has 0 saturated heterocycles. The zero-order valence-electron chi connectivity index (χ0n) is 20.9. The molecular weight excluding hydrogens is 477 g/mol. The van der Waals surface area contributed by atoms with Gasteiger partial charge in [-0.25, -0.2) is 18.0 Å². The number of carbonyl (C=O) groups is 1. The lowest BCUT2D eigenvalue weighted by Crippen LogP contribution is -2.16. The van der Waals surface area contributed by atoms with Crippen LogP contribution in [0, 0.1) is 23.4 Å². The monoisotopic (exact) mass is 508 g/mol. The van der Waals surface area contributed by atoms with Crippen LogP contribution in [0.4, 0.5) is 13.2 Å². The van der Waals surface area contributed by atoms with Gasteiger partial charge in [-0.2, -0.15) is 0 Å². The highest BCUT2D eigenvalue weighted by atomic mass is 19.2. The fourth-order valence-corrected chi connectivity index (χ4v) is 4.71. The molecule has 194 valence electrons. The van der Waals surface area contributed by atoms with Crippen LogP contribution in [-0.4, -0.2) is 12.6 Å². The first-order valence-corrected chi connectivity index (χ1v) is 12.7. The first-order valence-electron chi connectivity index (χ1n) is 12.7. The van der Waals surface area contributed by atoms with Gasteiger partial charge in [-0.1, -0.05) is 44.0 Å². The summed E-state index contributed by atoms with van der Waals surface area (Å²) in [5.74, 6) is -2.47. The maximum atomic E-state index is 14.8. The number of ether oxygens (including phenoxy) is 2. The summed E-state index contributed by atoms with van der Waals surface area (Å²) < 4.78 is 55.1. The molecule has 3 aromatic carbocycles. The largest absolute Gasteiger partial charge is 0.493 e. The van der Waals surface area contributed by atoms with E-state index in [1.54, 1.807) is 30.3 Å². The van der Waals surface area contributed by atoms with Crippen molar-refractivity contribution in [2.45, 2.75) is 51.4 Å². The molecule has 0 heterocycles. The van der Waals surface area contributed by atoms with Crippen molar-refractivity contribution in [3.63, 3.8) is 0 Å². The molecule has 3 nitrogen and oxygen atoms in total. The van der Waals surface area contributed by atoms with Crippen molar-refractivity contribution in [2.24, 2.45) is 5.92 Å². The summed E-state index contributed by atoms with van der Waals surface area (Å²) in [5.41, 5.74) is 0.792. The number of unbranched alkanes of at least 4 members (excludes halogenated alkanes) is 1. The van der Waals surface area contributed by atoms with Gasteiger partial charge in [-0.05, 0) is 79.0 Å². The van der Waals surface area contributed by atoms with Crippen LogP contribution in [0.3, 0.4) is 0 Å². The molecule has 1 aliphatic rings. The Morgan fingerprint density at radius 3 is 2.32 bits per heavy atom. The lowest BCUT2D eigenvalue weighted by atomic mass is 9.79. The molecule has 6 heteroatoms. The first-order chi connectivity index (χ1) is 17.9. The number of allylic oxidation sites excluding steroid dienone is 1. The molecule has 3 aromatic rings. The summed E-state index contributed by atoms with van der Waals surface area (Å²) in [7, 11) is 0. The van der Waals surface area contributed by atoms with Gasteiger partial charge in [0.1, 0.15) is 17.3 Å². The third-order valence-corrected chi connectivity index (χ3v) is 6.93. The van der Waals surface area contributed by atoms with Gasteiger partial charge < -0.3 is 9.47 Å². The smallest absolute Gasteiger partial charge is 0.346 e. The van der Waals surface area contributed by atoms with Gasteiger partial charge in [-0.3, -0.25) is 0 Å². The molecule has 0 radical (unpaired) electrons. The van der Waals surface area contributed by atoms with Gasteiger partial charge in [0.25, 0.3) is 0 Å². The van der Waals surface area contributed by atoms with E-state index in [1.807, 2.05) is 0 Å². The zero-order valence-corrected chi connectivity index (χ0v) is 20.9. The second-order valence-corrected chi connectivity index (χ2v) is 9.62. The van der Waals surface area contributed by atoms with E-state index in [9.17, 15) is 18.0 Å². The molecule has 1 saturated carbocycles. The Labute approximate surface area is 215 Å². The van der Waals surface area contributed by atoms with Gasteiger partial charge in [0.2, 0.25) is 0 Å². The first kappa shape index (κ1) is 26.5. The van der Waals surface area contributed by atoms with Crippen LogP contribution >= 0.6 is 0 Å². The summed E-state index contributed by atoms with van der Waals surface area (Å²) in [6.45, 7) is 6.29. The fourth-order valence-electron chi connectivity index (χ4n) is 4.71. The number of benzene rings is 3. The molecule has 0 aromatic heterocycles. The third-order valence-electron chi connectivity index (χ3n) is 6.93. The highest BCUT2D eigenvalue weighted by molar-refractivity contribution is 5.91. The standard InChI is InChI=1S/C31H31F3O3/c1-3-4-5-18-36-24-14-15-25(28(32)19-24)21-10-12-23(13-11-21)37-31(35)27-17-16-26(29(33)30(27)34)22-8-6-20(2)7-9-22/h3,10-17,19-20,22H,1,4-9,18H2,2H3. The predicted molar refractivity (Wildman–Crippen MR) is 138 cm³/mol. The number of carbonyl (C=O) groups excluding carboxylic acids is 1. The van der Waals surface area contributed by atoms with E-state index in [0.717, 1.165) is 38.5 Å². The molecular formula is C31H31F3O3. The van der Waals surface area contributed by atoms with Gasteiger partial charge in [0.05, 0.1) is 12.2 Å². The molecule has 37 heavy (non-hydrogen) atoms. The van der Waals surface area contributed by atoms with Crippen LogP contribution in [0.2, 0.25) is 0 Å². The number of hydrogen-bond acceptors (Lipinski definition) is 3. The molecule has 4 rings (SSSR count). The van der Waals surface area contributed by atoms with Crippen molar-refractivity contribution in [2.75, 3.05) is 6.61 Å². The van der Waals surface area contributed by atoms with E-state index in [0.29, 0.717) is 35.0 Å². The summed E-state index contributed by atoms with van der Waals surface area (Å²) in [5, 5.41) is 0. The highest BCUT2D eigenvalue weighted by Crippen LogP contribution is 2.37. The minimum atomic E-state index is -1.19. The van der Waals surface area contributed by atoms with Crippen LogP contribution in [0.1, 0.15) is 67.3 Å². The van der Waals surface area contributed by atoms with Crippen LogP contribution < -0.4 is 9.47 Å². The lowest BCUT2D eigenvalue weighted by Gasteiger charge is -2.27. The number of hydrogen-bond donors (Lipinski definition) is 0. The van der Waals surface area contributed by atoms with E-state index in [4.69, 9.17) is 9.47 Å². The number of esters is 1. The summed E-state index contributed by atoms with van der Waals surface area (Å²) in [4.78, 5) is 12.6. The van der Waals surface area contributed by atoms with Gasteiger partial charge in [0, 0.05) is 11.6 Å². The van der Waals surface area contributed by atoms with E-state index in [2.05, 4.69) is 13.5 Å². The van der Waals surface area contributed by atoms with E-state index < -0.39 is 29.0 Å².